The summed E-state index contributed by atoms with van der Waals surface area (Å²) in [5, 5.41) is 18.9. The van der Waals surface area contributed by atoms with Crippen molar-refractivity contribution in [2.45, 2.75) is 6.42 Å². The molecule has 0 radical (unpaired) electrons. The second-order valence-corrected chi connectivity index (χ2v) is 6.92. The fourth-order valence-corrected chi connectivity index (χ4v) is 3.44. The number of fused-ring (bicyclic) bond motifs is 1. The van der Waals surface area contributed by atoms with Crippen molar-refractivity contribution in [1.29, 1.82) is 0 Å². The Bertz CT molecular complexity index is 1020. The van der Waals surface area contributed by atoms with Gasteiger partial charge in [0, 0.05) is 31.2 Å². The van der Waals surface area contributed by atoms with Crippen LogP contribution < -0.4 is 10.6 Å². The van der Waals surface area contributed by atoms with Crippen molar-refractivity contribution in [2.75, 3.05) is 50.0 Å². The van der Waals surface area contributed by atoms with Gasteiger partial charge in [0.2, 0.25) is 11.6 Å². The third-order valence-electron chi connectivity index (χ3n) is 4.94. The maximum Gasteiger partial charge on any atom is 0.353 e. The molecular formula is C20H23N7O3. The molecule has 0 saturated carbocycles. The molecule has 0 atom stereocenters. The number of rotatable bonds is 8. The molecule has 156 valence electrons. The molecule has 10 nitrogen and oxygen atoms in total. The average Bonchev–Trinajstić information content (AvgIpc) is 2.77. The van der Waals surface area contributed by atoms with Crippen LogP contribution in [0.25, 0.3) is 10.9 Å². The van der Waals surface area contributed by atoms with Crippen molar-refractivity contribution in [2.24, 2.45) is 0 Å². The van der Waals surface area contributed by atoms with Crippen LogP contribution in [-0.4, -0.2) is 64.2 Å². The minimum atomic E-state index is -0.467. The molecular weight excluding hydrogens is 386 g/mol. The Labute approximate surface area is 173 Å². The highest BCUT2D eigenvalue weighted by Crippen LogP contribution is 2.32. The van der Waals surface area contributed by atoms with Gasteiger partial charge in [-0.15, -0.1) is 0 Å². The summed E-state index contributed by atoms with van der Waals surface area (Å²) < 4.78 is 5.35. The maximum atomic E-state index is 11.8. The van der Waals surface area contributed by atoms with E-state index in [-0.39, 0.29) is 17.3 Å². The predicted octanol–water partition coefficient (Wildman–Crippen LogP) is 2.81. The summed E-state index contributed by atoms with van der Waals surface area (Å²) >= 11 is 0. The summed E-state index contributed by atoms with van der Waals surface area (Å²) in [6.45, 7) is 4.82. The highest BCUT2D eigenvalue weighted by molar-refractivity contribution is 5.92. The topological polar surface area (TPSA) is 118 Å². The highest BCUT2D eigenvalue weighted by Gasteiger charge is 2.23. The van der Waals surface area contributed by atoms with Gasteiger partial charge in [-0.3, -0.25) is 20.0 Å². The number of anilines is 3. The van der Waals surface area contributed by atoms with Gasteiger partial charge in [-0.1, -0.05) is 18.2 Å². The number of hydrogen-bond donors (Lipinski definition) is 2. The predicted molar refractivity (Wildman–Crippen MR) is 114 cm³/mol. The zero-order valence-corrected chi connectivity index (χ0v) is 16.5. The van der Waals surface area contributed by atoms with Gasteiger partial charge in [0.25, 0.3) is 0 Å². The Morgan fingerprint density at radius 1 is 1.10 bits per heavy atom. The molecule has 0 spiro atoms. The Hall–Kier alpha value is -3.37. The SMILES string of the molecule is O=[N+]([O-])c1c(NCCCN2CCOCC2)ncnc1Nc1cccc2cccnc12. The molecule has 0 unspecified atom stereocenters. The number of morpholine rings is 1. The molecule has 3 aromatic rings. The van der Waals surface area contributed by atoms with Gasteiger partial charge in [-0.25, -0.2) is 9.97 Å². The van der Waals surface area contributed by atoms with Crippen LogP contribution in [0, 0.1) is 10.1 Å². The van der Waals surface area contributed by atoms with Crippen LogP contribution in [0.4, 0.5) is 23.0 Å². The first-order valence-electron chi connectivity index (χ1n) is 9.86. The second-order valence-electron chi connectivity index (χ2n) is 6.92. The molecule has 10 heteroatoms. The Morgan fingerprint density at radius 2 is 1.90 bits per heavy atom. The Balaban J connectivity index is 1.49. The van der Waals surface area contributed by atoms with Crippen LogP contribution in [0.3, 0.4) is 0 Å². The number of para-hydroxylation sites is 1. The van der Waals surface area contributed by atoms with Gasteiger partial charge in [0.15, 0.2) is 0 Å². The number of aromatic nitrogens is 3. The van der Waals surface area contributed by atoms with E-state index in [2.05, 4.69) is 30.5 Å². The molecule has 0 aliphatic carbocycles. The van der Waals surface area contributed by atoms with Crippen molar-refractivity contribution in [3.05, 3.63) is 53.0 Å². The molecule has 30 heavy (non-hydrogen) atoms. The van der Waals surface area contributed by atoms with Crippen LogP contribution in [-0.2, 0) is 4.74 Å². The lowest BCUT2D eigenvalue weighted by Gasteiger charge is -2.26. The minimum Gasteiger partial charge on any atom is -0.379 e. The van der Waals surface area contributed by atoms with E-state index < -0.39 is 4.92 Å². The smallest absolute Gasteiger partial charge is 0.353 e. The second kappa shape index (κ2) is 9.42. The summed E-state index contributed by atoms with van der Waals surface area (Å²) in [7, 11) is 0. The number of hydrogen-bond acceptors (Lipinski definition) is 9. The normalized spacial score (nSPS) is 14.5. The third-order valence-corrected chi connectivity index (χ3v) is 4.94. The number of nitro groups is 1. The molecule has 1 saturated heterocycles. The fourth-order valence-electron chi connectivity index (χ4n) is 3.44. The Kier molecular flexibility index (Phi) is 6.26. The van der Waals surface area contributed by atoms with Crippen LogP contribution >= 0.6 is 0 Å². The lowest BCUT2D eigenvalue weighted by molar-refractivity contribution is -0.383. The van der Waals surface area contributed by atoms with Crippen molar-refractivity contribution < 1.29 is 9.66 Å². The molecule has 1 aliphatic rings. The van der Waals surface area contributed by atoms with E-state index in [4.69, 9.17) is 4.74 Å². The molecule has 4 rings (SSSR count). The van der Waals surface area contributed by atoms with E-state index in [0.717, 1.165) is 44.7 Å². The number of ether oxygens (including phenoxy) is 1. The summed E-state index contributed by atoms with van der Waals surface area (Å²) in [4.78, 5) is 26.2. The largest absolute Gasteiger partial charge is 0.379 e. The zero-order valence-electron chi connectivity index (χ0n) is 16.5. The first-order valence-corrected chi connectivity index (χ1v) is 9.86. The van der Waals surface area contributed by atoms with Gasteiger partial charge in [0.05, 0.1) is 29.3 Å². The molecule has 2 N–H and O–H groups in total. The van der Waals surface area contributed by atoms with E-state index in [9.17, 15) is 10.1 Å². The van der Waals surface area contributed by atoms with E-state index in [1.165, 1.54) is 6.33 Å². The van der Waals surface area contributed by atoms with E-state index in [1.54, 1.807) is 6.20 Å². The van der Waals surface area contributed by atoms with E-state index >= 15 is 0 Å². The Morgan fingerprint density at radius 3 is 2.73 bits per heavy atom. The summed E-state index contributed by atoms with van der Waals surface area (Å²) in [5.74, 6) is 0.330. The van der Waals surface area contributed by atoms with Gasteiger partial charge in [0.1, 0.15) is 6.33 Å². The molecule has 2 aromatic heterocycles. The first kappa shape index (κ1) is 19.9. The van der Waals surface area contributed by atoms with Gasteiger partial charge < -0.3 is 15.4 Å². The molecule has 1 aliphatic heterocycles. The monoisotopic (exact) mass is 409 g/mol. The van der Waals surface area contributed by atoms with Crippen LogP contribution in [0.15, 0.2) is 42.9 Å². The van der Waals surface area contributed by atoms with Crippen molar-refractivity contribution >= 4 is 33.9 Å². The van der Waals surface area contributed by atoms with Gasteiger partial charge in [-0.05, 0) is 25.1 Å². The molecule has 1 aromatic carbocycles. The van der Waals surface area contributed by atoms with Crippen molar-refractivity contribution in [3.63, 3.8) is 0 Å². The number of benzene rings is 1. The quantitative estimate of drug-likeness (QED) is 0.329. The van der Waals surface area contributed by atoms with E-state index in [1.807, 2.05) is 30.3 Å². The van der Waals surface area contributed by atoms with Gasteiger partial charge >= 0.3 is 5.69 Å². The van der Waals surface area contributed by atoms with Crippen LogP contribution in [0.5, 0.6) is 0 Å². The first-order chi connectivity index (χ1) is 14.7. The van der Waals surface area contributed by atoms with Crippen LogP contribution in [0.1, 0.15) is 6.42 Å². The van der Waals surface area contributed by atoms with Gasteiger partial charge in [-0.2, -0.15) is 0 Å². The lowest BCUT2D eigenvalue weighted by Crippen LogP contribution is -2.37. The minimum absolute atomic E-state index is 0.129. The number of nitrogens with zero attached hydrogens (tertiary/aromatic N) is 5. The highest BCUT2D eigenvalue weighted by atomic mass is 16.6. The van der Waals surface area contributed by atoms with Crippen LogP contribution in [0.2, 0.25) is 0 Å². The molecule has 0 bridgehead atoms. The zero-order chi connectivity index (χ0) is 20.8. The molecule has 3 heterocycles. The summed E-state index contributed by atoms with van der Waals surface area (Å²) in [6.07, 6.45) is 3.85. The van der Waals surface area contributed by atoms with Crippen molar-refractivity contribution in [1.82, 2.24) is 19.9 Å². The maximum absolute atomic E-state index is 11.8. The number of pyridine rings is 1. The summed E-state index contributed by atoms with van der Waals surface area (Å²) in [6, 6.07) is 9.39. The molecule has 1 fully saturated rings. The number of nitrogens with one attached hydrogen (secondary N) is 2. The standard InChI is InChI=1S/C20H23N7O3/c28-27(29)18-19(22-8-3-9-26-10-12-30-13-11-26)23-14-24-20(18)25-16-6-1-4-15-5-2-7-21-17(15)16/h1-2,4-7,14H,3,8-13H2,(H2,22,23,24,25). The average molecular weight is 409 g/mol. The van der Waals surface area contributed by atoms with Crippen molar-refractivity contribution in [3.8, 4) is 0 Å². The van der Waals surface area contributed by atoms with E-state index in [0.29, 0.717) is 17.7 Å². The fraction of sp³-hybridized carbons (Fsp3) is 0.350. The lowest BCUT2D eigenvalue weighted by atomic mass is 10.2. The third kappa shape index (κ3) is 4.61. The molecule has 0 amide bonds. The summed E-state index contributed by atoms with van der Waals surface area (Å²) in [5.41, 5.74) is 1.18.